The number of carbonyl (C=O) groups is 2. The van der Waals surface area contributed by atoms with E-state index in [1.54, 1.807) is 6.07 Å². The molecule has 1 aromatic heterocycles. The van der Waals surface area contributed by atoms with Crippen molar-refractivity contribution in [3.05, 3.63) is 34.2 Å². The molecule has 3 rings (SSSR count). The number of hydrogen-bond donors (Lipinski definition) is 1. The van der Waals surface area contributed by atoms with Gasteiger partial charge in [0.05, 0.1) is 5.56 Å². The highest BCUT2D eigenvalue weighted by atomic mass is 16.2. The maximum Gasteiger partial charge on any atom is 0.255 e. The van der Waals surface area contributed by atoms with Gasteiger partial charge in [-0.2, -0.15) is 0 Å². The number of nitrogens with one attached hydrogen (secondary N) is 1. The van der Waals surface area contributed by atoms with Gasteiger partial charge in [-0.05, 0) is 39.4 Å². The van der Waals surface area contributed by atoms with Gasteiger partial charge in [0.15, 0.2) is 0 Å². The van der Waals surface area contributed by atoms with Crippen molar-refractivity contribution in [3.8, 4) is 0 Å². The Morgan fingerprint density at radius 3 is 2.73 bits per heavy atom. The third-order valence-corrected chi connectivity index (χ3v) is 5.55. The zero-order valence-electron chi connectivity index (χ0n) is 15.7. The molecule has 142 valence electrons. The minimum atomic E-state index is -0.209. The molecule has 1 aromatic rings. The van der Waals surface area contributed by atoms with Crippen molar-refractivity contribution in [3.63, 3.8) is 0 Å². The Balaban J connectivity index is 1.70. The molecule has 0 radical (unpaired) electrons. The number of aromatic nitrogens is 1. The van der Waals surface area contributed by atoms with Crippen LogP contribution in [0.1, 0.15) is 36.0 Å². The maximum absolute atomic E-state index is 12.8. The number of piperidine rings is 2. The molecule has 0 bridgehead atoms. The predicted octanol–water partition coefficient (Wildman–Crippen LogP) is 0.781. The van der Waals surface area contributed by atoms with E-state index in [0.29, 0.717) is 18.5 Å². The number of nitrogens with zero attached hydrogens (tertiary/aromatic N) is 3. The van der Waals surface area contributed by atoms with E-state index in [4.69, 9.17) is 0 Å². The van der Waals surface area contributed by atoms with E-state index in [1.165, 1.54) is 12.3 Å². The van der Waals surface area contributed by atoms with E-state index in [1.807, 2.05) is 23.9 Å². The normalized spacial score (nSPS) is 23.7. The SMILES string of the molecule is CN(C)CCN1CC2(CCCN(C(=O)c3ccc(=O)[nH]c3)C2)CCC1=O. The van der Waals surface area contributed by atoms with Gasteiger partial charge in [-0.25, -0.2) is 0 Å². The van der Waals surface area contributed by atoms with Crippen molar-refractivity contribution in [1.82, 2.24) is 19.7 Å². The smallest absolute Gasteiger partial charge is 0.255 e. The summed E-state index contributed by atoms with van der Waals surface area (Å²) in [6.45, 7) is 3.72. The maximum atomic E-state index is 12.8. The molecule has 3 heterocycles. The van der Waals surface area contributed by atoms with E-state index in [2.05, 4.69) is 9.88 Å². The first-order chi connectivity index (χ1) is 12.4. The lowest BCUT2D eigenvalue weighted by Crippen LogP contribution is -2.55. The highest BCUT2D eigenvalue weighted by molar-refractivity contribution is 5.94. The summed E-state index contributed by atoms with van der Waals surface area (Å²) in [5.74, 6) is 0.179. The van der Waals surface area contributed by atoms with E-state index in [-0.39, 0.29) is 22.8 Å². The number of H-pyrrole nitrogens is 1. The summed E-state index contributed by atoms with van der Waals surface area (Å²) >= 11 is 0. The van der Waals surface area contributed by atoms with Crippen LogP contribution in [0.5, 0.6) is 0 Å². The molecule has 7 heteroatoms. The zero-order valence-corrected chi connectivity index (χ0v) is 15.7. The van der Waals surface area contributed by atoms with Crippen LogP contribution in [0.3, 0.4) is 0 Å². The Hall–Kier alpha value is -2.15. The highest BCUT2D eigenvalue weighted by Gasteiger charge is 2.42. The van der Waals surface area contributed by atoms with Crippen LogP contribution in [-0.2, 0) is 4.79 Å². The van der Waals surface area contributed by atoms with Crippen LogP contribution in [0, 0.1) is 5.41 Å². The van der Waals surface area contributed by atoms with Crippen LogP contribution in [0.4, 0.5) is 0 Å². The number of aromatic amines is 1. The monoisotopic (exact) mass is 360 g/mol. The van der Waals surface area contributed by atoms with Crippen molar-refractivity contribution in [2.45, 2.75) is 25.7 Å². The fourth-order valence-corrected chi connectivity index (χ4v) is 4.07. The number of pyridine rings is 1. The number of likely N-dealkylation sites (tertiary alicyclic amines) is 2. The van der Waals surface area contributed by atoms with Gasteiger partial charge in [-0.3, -0.25) is 14.4 Å². The molecular weight excluding hydrogens is 332 g/mol. The summed E-state index contributed by atoms with van der Waals surface area (Å²) in [5.41, 5.74) is 0.299. The second-order valence-corrected chi connectivity index (χ2v) is 7.89. The van der Waals surface area contributed by atoms with Gasteiger partial charge in [0.1, 0.15) is 0 Å². The minimum absolute atomic E-state index is 0.00365. The average molecular weight is 360 g/mol. The molecule has 1 N–H and O–H groups in total. The van der Waals surface area contributed by atoms with E-state index in [9.17, 15) is 14.4 Å². The highest BCUT2D eigenvalue weighted by Crippen LogP contribution is 2.39. The topological polar surface area (TPSA) is 76.7 Å². The van der Waals surface area contributed by atoms with Gasteiger partial charge < -0.3 is 19.7 Å². The number of rotatable bonds is 4. The average Bonchev–Trinajstić information content (AvgIpc) is 2.63. The molecule has 2 saturated heterocycles. The van der Waals surface area contributed by atoms with E-state index in [0.717, 1.165) is 45.4 Å². The lowest BCUT2D eigenvalue weighted by molar-refractivity contribution is -0.139. The quantitative estimate of drug-likeness (QED) is 0.861. The number of carbonyl (C=O) groups excluding carboxylic acids is 2. The fraction of sp³-hybridized carbons (Fsp3) is 0.632. The van der Waals surface area contributed by atoms with E-state index < -0.39 is 0 Å². The number of amides is 2. The molecule has 2 aliphatic rings. The van der Waals surface area contributed by atoms with Gasteiger partial charge in [-0.15, -0.1) is 0 Å². The molecule has 0 aliphatic carbocycles. The second-order valence-electron chi connectivity index (χ2n) is 7.89. The number of hydrogen-bond acceptors (Lipinski definition) is 4. The lowest BCUT2D eigenvalue weighted by Gasteiger charge is -2.48. The Morgan fingerprint density at radius 2 is 2.04 bits per heavy atom. The van der Waals surface area contributed by atoms with Crippen LogP contribution < -0.4 is 5.56 Å². The van der Waals surface area contributed by atoms with Crippen LogP contribution in [0.25, 0.3) is 0 Å². The van der Waals surface area contributed by atoms with Crippen molar-refractivity contribution < 1.29 is 9.59 Å². The Kier molecular flexibility index (Phi) is 5.46. The Morgan fingerprint density at radius 1 is 1.23 bits per heavy atom. The first-order valence-electron chi connectivity index (χ1n) is 9.29. The Labute approximate surface area is 154 Å². The van der Waals surface area contributed by atoms with Crippen molar-refractivity contribution in [2.24, 2.45) is 5.41 Å². The van der Waals surface area contributed by atoms with Gasteiger partial charge in [0, 0.05) is 56.8 Å². The molecule has 2 fully saturated rings. The molecule has 26 heavy (non-hydrogen) atoms. The largest absolute Gasteiger partial charge is 0.341 e. The van der Waals surface area contributed by atoms with Crippen molar-refractivity contribution >= 4 is 11.8 Å². The molecule has 2 amide bonds. The van der Waals surface area contributed by atoms with Gasteiger partial charge in [-0.1, -0.05) is 0 Å². The standard InChI is InChI=1S/C19H28N4O3/c1-21(2)10-11-22-13-19(8-6-17(22)25)7-3-9-23(14-19)18(26)15-4-5-16(24)20-12-15/h4-5,12H,3,6-11,13-14H2,1-2H3,(H,20,24). The predicted molar refractivity (Wildman–Crippen MR) is 99.0 cm³/mol. The van der Waals surface area contributed by atoms with Gasteiger partial charge in [0.2, 0.25) is 11.5 Å². The molecule has 1 spiro atoms. The third-order valence-electron chi connectivity index (χ3n) is 5.55. The second kappa shape index (κ2) is 7.61. The summed E-state index contributed by atoms with van der Waals surface area (Å²) in [6.07, 6.45) is 4.90. The van der Waals surface area contributed by atoms with Gasteiger partial charge >= 0.3 is 0 Å². The molecule has 2 aliphatic heterocycles. The number of likely N-dealkylation sites (N-methyl/N-ethyl adjacent to an activating group) is 1. The summed E-state index contributed by atoms with van der Waals surface area (Å²) in [4.78, 5) is 44.8. The molecule has 0 aromatic carbocycles. The first kappa shape index (κ1) is 18.6. The molecule has 7 nitrogen and oxygen atoms in total. The lowest BCUT2D eigenvalue weighted by atomic mass is 9.73. The van der Waals surface area contributed by atoms with Crippen molar-refractivity contribution in [1.29, 1.82) is 0 Å². The minimum Gasteiger partial charge on any atom is -0.341 e. The summed E-state index contributed by atoms with van der Waals surface area (Å²) < 4.78 is 0. The summed E-state index contributed by atoms with van der Waals surface area (Å²) in [5, 5.41) is 0. The zero-order chi connectivity index (χ0) is 18.7. The fourth-order valence-electron chi connectivity index (χ4n) is 4.07. The van der Waals surface area contributed by atoms with E-state index >= 15 is 0 Å². The Bertz CT molecular complexity index is 709. The summed E-state index contributed by atoms with van der Waals surface area (Å²) in [7, 11) is 4.02. The van der Waals surface area contributed by atoms with Gasteiger partial charge in [0.25, 0.3) is 5.91 Å². The van der Waals surface area contributed by atoms with Crippen LogP contribution >= 0.6 is 0 Å². The van der Waals surface area contributed by atoms with Crippen LogP contribution in [0.2, 0.25) is 0 Å². The van der Waals surface area contributed by atoms with Crippen LogP contribution in [0.15, 0.2) is 23.1 Å². The molecule has 1 unspecified atom stereocenters. The van der Waals surface area contributed by atoms with Crippen molar-refractivity contribution in [2.75, 3.05) is 46.8 Å². The summed E-state index contributed by atoms with van der Waals surface area (Å²) in [6, 6.07) is 2.96. The third kappa shape index (κ3) is 4.15. The van der Waals surface area contributed by atoms with Crippen LogP contribution in [-0.4, -0.2) is 78.3 Å². The first-order valence-corrected chi connectivity index (χ1v) is 9.29. The molecule has 0 saturated carbocycles. The molecular formula is C19H28N4O3. The molecule has 1 atom stereocenters.